The third kappa shape index (κ3) is 4.14. The summed E-state index contributed by atoms with van der Waals surface area (Å²) in [6, 6.07) is 9.71. The van der Waals surface area contributed by atoms with E-state index in [4.69, 9.17) is 4.74 Å². The van der Waals surface area contributed by atoms with Gasteiger partial charge in [0.05, 0.1) is 6.54 Å². The molecule has 0 saturated heterocycles. The Balaban J connectivity index is 1.46. The average Bonchev–Trinajstić information content (AvgIpc) is 2.65. The highest BCUT2D eigenvalue weighted by Crippen LogP contribution is 2.22. The molecule has 0 bridgehead atoms. The smallest absolute Gasteiger partial charge is 0.224 e. The SMILES string of the molecule is O=C(NCC#CCOc1cccc2cccnc12)C1CC=CCC1. The second-order valence-corrected chi connectivity index (χ2v) is 5.67. The van der Waals surface area contributed by atoms with Crippen LogP contribution in [0, 0.1) is 17.8 Å². The lowest BCUT2D eigenvalue weighted by Gasteiger charge is -2.16. The van der Waals surface area contributed by atoms with Crippen LogP contribution >= 0.6 is 0 Å². The van der Waals surface area contributed by atoms with Gasteiger partial charge in [0.25, 0.3) is 0 Å². The highest BCUT2D eigenvalue weighted by atomic mass is 16.5. The minimum atomic E-state index is 0.0906. The van der Waals surface area contributed by atoms with Gasteiger partial charge in [0.1, 0.15) is 17.9 Å². The van der Waals surface area contributed by atoms with Gasteiger partial charge in [-0.2, -0.15) is 0 Å². The third-order valence-electron chi connectivity index (χ3n) is 4.01. The molecule has 24 heavy (non-hydrogen) atoms. The number of aromatic nitrogens is 1. The largest absolute Gasteiger partial charge is 0.479 e. The summed E-state index contributed by atoms with van der Waals surface area (Å²) >= 11 is 0. The van der Waals surface area contributed by atoms with E-state index < -0.39 is 0 Å². The van der Waals surface area contributed by atoms with Crippen molar-refractivity contribution in [2.45, 2.75) is 19.3 Å². The van der Waals surface area contributed by atoms with Crippen molar-refractivity contribution in [1.82, 2.24) is 10.3 Å². The third-order valence-corrected chi connectivity index (χ3v) is 4.01. The molecule has 1 heterocycles. The summed E-state index contributed by atoms with van der Waals surface area (Å²) in [6.45, 7) is 0.633. The van der Waals surface area contributed by atoms with Gasteiger partial charge < -0.3 is 10.1 Å². The number of fused-ring (bicyclic) bond motifs is 1. The Morgan fingerprint density at radius 1 is 1.25 bits per heavy atom. The lowest BCUT2D eigenvalue weighted by molar-refractivity contribution is -0.124. The van der Waals surface area contributed by atoms with Crippen LogP contribution < -0.4 is 10.1 Å². The monoisotopic (exact) mass is 320 g/mol. The van der Waals surface area contributed by atoms with E-state index in [-0.39, 0.29) is 18.4 Å². The van der Waals surface area contributed by atoms with Crippen LogP contribution in [0.15, 0.2) is 48.7 Å². The van der Waals surface area contributed by atoms with Crippen molar-refractivity contribution < 1.29 is 9.53 Å². The molecule has 0 spiro atoms. The summed E-state index contributed by atoms with van der Waals surface area (Å²) in [7, 11) is 0. The van der Waals surface area contributed by atoms with Gasteiger partial charge in [0, 0.05) is 17.5 Å². The van der Waals surface area contributed by atoms with Gasteiger partial charge in [0.2, 0.25) is 5.91 Å². The molecule has 4 heteroatoms. The van der Waals surface area contributed by atoms with Gasteiger partial charge in [-0.15, -0.1) is 0 Å². The molecule has 1 aromatic carbocycles. The molecule has 3 rings (SSSR count). The summed E-state index contributed by atoms with van der Waals surface area (Å²) in [5, 5.41) is 3.90. The van der Waals surface area contributed by atoms with Crippen molar-refractivity contribution in [3.63, 3.8) is 0 Å². The van der Waals surface area contributed by atoms with Crippen molar-refractivity contribution in [3.8, 4) is 17.6 Å². The molecule has 1 atom stereocenters. The number of pyridine rings is 1. The number of nitrogens with one attached hydrogen (secondary N) is 1. The number of hydrogen-bond acceptors (Lipinski definition) is 3. The minimum absolute atomic E-state index is 0.0906. The second-order valence-electron chi connectivity index (χ2n) is 5.67. The minimum Gasteiger partial charge on any atom is -0.479 e. The number of hydrogen-bond donors (Lipinski definition) is 1. The number of para-hydroxylation sites is 1. The molecule has 1 aliphatic carbocycles. The van der Waals surface area contributed by atoms with E-state index in [1.165, 1.54) is 0 Å². The van der Waals surface area contributed by atoms with Gasteiger partial charge in [-0.25, -0.2) is 0 Å². The molecule has 1 aromatic heterocycles. The van der Waals surface area contributed by atoms with Crippen molar-refractivity contribution in [3.05, 3.63) is 48.7 Å². The maximum Gasteiger partial charge on any atom is 0.224 e. The predicted octanol–water partition coefficient (Wildman–Crippen LogP) is 3.09. The van der Waals surface area contributed by atoms with Crippen LogP contribution in [-0.2, 0) is 4.79 Å². The Morgan fingerprint density at radius 2 is 2.17 bits per heavy atom. The number of allylic oxidation sites excluding steroid dienone is 2. The normalized spacial score (nSPS) is 16.2. The zero-order valence-corrected chi connectivity index (χ0v) is 13.5. The van der Waals surface area contributed by atoms with E-state index in [2.05, 4.69) is 34.3 Å². The lowest BCUT2D eigenvalue weighted by atomic mass is 9.94. The molecule has 1 unspecified atom stereocenters. The molecule has 0 radical (unpaired) electrons. The zero-order valence-electron chi connectivity index (χ0n) is 13.5. The molecular formula is C20H20N2O2. The van der Waals surface area contributed by atoms with Crippen molar-refractivity contribution in [2.75, 3.05) is 13.2 Å². The zero-order chi connectivity index (χ0) is 16.6. The Morgan fingerprint density at radius 3 is 3.04 bits per heavy atom. The Kier molecular flexibility index (Phi) is 5.47. The average molecular weight is 320 g/mol. The predicted molar refractivity (Wildman–Crippen MR) is 94.5 cm³/mol. The molecule has 122 valence electrons. The van der Waals surface area contributed by atoms with Crippen LogP contribution in [0.3, 0.4) is 0 Å². The highest BCUT2D eigenvalue weighted by molar-refractivity contribution is 5.84. The number of carbonyl (C=O) groups is 1. The molecule has 1 amide bonds. The molecule has 1 aliphatic rings. The van der Waals surface area contributed by atoms with E-state index in [0.29, 0.717) is 6.54 Å². The number of benzene rings is 1. The van der Waals surface area contributed by atoms with Gasteiger partial charge >= 0.3 is 0 Å². The fourth-order valence-corrected chi connectivity index (χ4v) is 2.73. The number of rotatable bonds is 4. The number of amides is 1. The van der Waals surface area contributed by atoms with Gasteiger partial charge in [-0.1, -0.05) is 42.2 Å². The van der Waals surface area contributed by atoms with Crippen LogP contribution in [0.25, 0.3) is 10.9 Å². The Labute approximate surface area is 141 Å². The number of ether oxygens (including phenoxy) is 1. The van der Waals surface area contributed by atoms with Crippen molar-refractivity contribution in [1.29, 1.82) is 0 Å². The van der Waals surface area contributed by atoms with E-state index >= 15 is 0 Å². The first kappa shape index (κ1) is 16.1. The Hall–Kier alpha value is -2.80. The van der Waals surface area contributed by atoms with Crippen molar-refractivity contribution >= 4 is 16.8 Å². The molecule has 2 aromatic rings. The van der Waals surface area contributed by atoms with Gasteiger partial charge in [-0.3, -0.25) is 9.78 Å². The summed E-state index contributed by atoms with van der Waals surface area (Å²) in [5.74, 6) is 6.76. The van der Waals surface area contributed by atoms with E-state index in [1.54, 1.807) is 6.20 Å². The van der Waals surface area contributed by atoms with E-state index in [0.717, 1.165) is 35.9 Å². The van der Waals surface area contributed by atoms with E-state index in [1.807, 2.05) is 30.3 Å². The Bertz CT molecular complexity index is 797. The summed E-state index contributed by atoms with van der Waals surface area (Å²) in [5.41, 5.74) is 0.834. The maximum atomic E-state index is 11.9. The lowest BCUT2D eigenvalue weighted by Crippen LogP contribution is -2.31. The molecule has 1 N–H and O–H groups in total. The fourth-order valence-electron chi connectivity index (χ4n) is 2.73. The van der Waals surface area contributed by atoms with Crippen LogP contribution in [0.2, 0.25) is 0 Å². The van der Waals surface area contributed by atoms with Gasteiger partial charge in [-0.05, 0) is 31.4 Å². The number of carbonyl (C=O) groups excluding carboxylic acids is 1. The second kappa shape index (κ2) is 8.16. The van der Waals surface area contributed by atoms with Crippen LogP contribution in [0.4, 0.5) is 0 Å². The summed E-state index contributed by atoms with van der Waals surface area (Å²) in [6.07, 6.45) is 8.69. The quantitative estimate of drug-likeness (QED) is 0.696. The first-order valence-corrected chi connectivity index (χ1v) is 8.19. The van der Waals surface area contributed by atoms with Crippen molar-refractivity contribution in [2.24, 2.45) is 5.92 Å². The van der Waals surface area contributed by atoms with Crippen LogP contribution in [-0.4, -0.2) is 24.0 Å². The molecule has 0 saturated carbocycles. The topological polar surface area (TPSA) is 51.2 Å². The number of nitrogens with zero attached hydrogens (tertiary/aromatic N) is 1. The van der Waals surface area contributed by atoms with Crippen LogP contribution in [0.5, 0.6) is 5.75 Å². The molecule has 4 nitrogen and oxygen atoms in total. The standard InChI is InChI=1S/C20H20N2O2/c23-20(17-8-2-1-3-9-17)22-13-4-5-15-24-18-12-6-10-16-11-7-14-21-19(16)18/h1-2,6-7,10-12,14,17H,3,8-9,13,15H2,(H,22,23). The first-order chi connectivity index (χ1) is 11.8. The maximum absolute atomic E-state index is 11.9. The molecule has 0 fully saturated rings. The summed E-state index contributed by atoms with van der Waals surface area (Å²) < 4.78 is 5.68. The van der Waals surface area contributed by atoms with Gasteiger partial charge in [0.15, 0.2) is 0 Å². The first-order valence-electron chi connectivity index (χ1n) is 8.19. The summed E-state index contributed by atoms with van der Waals surface area (Å²) in [4.78, 5) is 16.3. The van der Waals surface area contributed by atoms with Crippen LogP contribution in [0.1, 0.15) is 19.3 Å². The molecular weight excluding hydrogens is 300 g/mol. The fraction of sp³-hybridized carbons (Fsp3) is 0.300. The highest BCUT2D eigenvalue weighted by Gasteiger charge is 2.17. The van der Waals surface area contributed by atoms with E-state index in [9.17, 15) is 4.79 Å². The molecule has 0 aliphatic heterocycles.